The van der Waals surface area contributed by atoms with Gasteiger partial charge in [0.25, 0.3) is 0 Å². The monoisotopic (exact) mass is 175 g/mol. The molecule has 0 aromatic carbocycles. The van der Waals surface area contributed by atoms with Crippen LogP contribution in [-0.2, 0) is 4.79 Å². The molecule has 1 amide bonds. The molecule has 1 unspecified atom stereocenters. The summed E-state index contributed by atoms with van der Waals surface area (Å²) in [6.45, 7) is 0.652. The van der Waals surface area contributed by atoms with Crippen LogP contribution in [-0.4, -0.2) is 23.7 Å². The van der Waals surface area contributed by atoms with Crippen molar-refractivity contribution in [3.8, 4) is 0 Å². The fourth-order valence-corrected chi connectivity index (χ4v) is 0.937. The van der Waals surface area contributed by atoms with E-state index in [1.54, 1.807) is 5.48 Å². The number of carbonyl (C=O) groups excluding carboxylic acids is 1. The van der Waals surface area contributed by atoms with Crippen molar-refractivity contribution >= 4 is 5.91 Å². The topological polar surface area (TPSA) is 101 Å². The second kappa shape index (κ2) is 7.02. The lowest BCUT2D eigenvalue weighted by atomic mass is 10.1. The highest BCUT2D eigenvalue weighted by molar-refractivity contribution is 5.75. The van der Waals surface area contributed by atoms with Crippen LogP contribution in [0.2, 0.25) is 0 Å². The minimum atomic E-state index is -0.435. The van der Waals surface area contributed by atoms with Crippen molar-refractivity contribution in [2.75, 3.05) is 6.54 Å². The lowest BCUT2D eigenvalue weighted by molar-refractivity contribution is -0.129. The summed E-state index contributed by atoms with van der Waals surface area (Å²) in [5, 5.41) is 8.18. The predicted octanol–water partition coefficient (Wildman–Crippen LogP) is -0.662. The normalized spacial score (nSPS) is 12.6. The molecule has 0 saturated carbocycles. The van der Waals surface area contributed by atoms with E-state index < -0.39 is 5.91 Å². The average molecular weight is 175 g/mol. The molecule has 6 N–H and O–H groups in total. The Morgan fingerprint density at radius 2 is 2.17 bits per heavy atom. The molecule has 1 atom stereocenters. The van der Waals surface area contributed by atoms with Gasteiger partial charge in [0.2, 0.25) is 5.91 Å². The zero-order valence-corrected chi connectivity index (χ0v) is 7.12. The van der Waals surface area contributed by atoms with E-state index in [2.05, 4.69) is 0 Å². The van der Waals surface area contributed by atoms with Crippen LogP contribution < -0.4 is 16.9 Å². The van der Waals surface area contributed by atoms with Gasteiger partial charge in [-0.25, -0.2) is 5.48 Å². The summed E-state index contributed by atoms with van der Waals surface area (Å²) in [7, 11) is 0. The standard InChI is InChI=1S/C7H17N3O2/c8-4-2-1-3-6(9)5-7(11)10-12/h6,12H,1-5,8-9H2,(H,10,11). The first-order valence-corrected chi connectivity index (χ1v) is 4.09. The molecule has 0 spiro atoms. The van der Waals surface area contributed by atoms with Crippen LogP contribution in [0.4, 0.5) is 0 Å². The fraction of sp³-hybridized carbons (Fsp3) is 0.857. The Hall–Kier alpha value is -0.650. The lowest BCUT2D eigenvalue weighted by Crippen LogP contribution is -2.29. The minimum Gasteiger partial charge on any atom is -0.330 e. The number of nitrogens with two attached hydrogens (primary N) is 2. The van der Waals surface area contributed by atoms with Gasteiger partial charge < -0.3 is 11.5 Å². The van der Waals surface area contributed by atoms with Crippen LogP contribution in [0.15, 0.2) is 0 Å². The molecular formula is C7H17N3O2. The average Bonchev–Trinajstić information content (AvgIpc) is 2.05. The minimum absolute atomic E-state index is 0.168. The Morgan fingerprint density at radius 3 is 2.67 bits per heavy atom. The molecule has 0 aliphatic carbocycles. The molecule has 0 radical (unpaired) electrons. The van der Waals surface area contributed by atoms with Gasteiger partial charge in [0, 0.05) is 12.5 Å². The zero-order chi connectivity index (χ0) is 9.40. The maximum Gasteiger partial charge on any atom is 0.244 e. The molecule has 0 saturated heterocycles. The Balaban J connectivity index is 3.32. The number of carbonyl (C=O) groups is 1. The molecule has 0 aliphatic heterocycles. The molecular weight excluding hydrogens is 158 g/mol. The van der Waals surface area contributed by atoms with Crippen molar-refractivity contribution in [1.29, 1.82) is 0 Å². The third kappa shape index (κ3) is 6.09. The van der Waals surface area contributed by atoms with Gasteiger partial charge in [0.15, 0.2) is 0 Å². The maximum absolute atomic E-state index is 10.6. The molecule has 0 aromatic heterocycles. The van der Waals surface area contributed by atoms with E-state index >= 15 is 0 Å². The van der Waals surface area contributed by atoms with Gasteiger partial charge in [0.05, 0.1) is 0 Å². The van der Waals surface area contributed by atoms with Crippen molar-refractivity contribution < 1.29 is 10.0 Å². The summed E-state index contributed by atoms with van der Waals surface area (Å²) in [5.41, 5.74) is 12.4. The summed E-state index contributed by atoms with van der Waals surface area (Å²) >= 11 is 0. The lowest BCUT2D eigenvalue weighted by Gasteiger charge is -2.08. The van der Waals surface area contributed by atoms with E-state index in [0.717, 1.165) is 19.3 Å². The summed E-state index contributed by atoms with van der Waals surface area (Å²) in [6, 6.07) is -0.177. The summed E-state index contributed by atoms with van der Waals surface area (Å²) < 4.78 is 0. The van der Waals surface area contributed by atoms with E-state index in [1.807, 2.05) is 0 Å². The Kier molecular flexibility index (Phi) is 6.64. The molecule has 5 heteroatoms. The molecule has 5 nitrogen and oxygen atoms in total. The SMILES string of the molecule is NCCCCC(N)CC(=O)NO. The highest BCUT2D eigenvalue weighted by Gasteiger charge is 2.07. The van der Waals surface area contributed by atoms with Crippen LogP contribution in [0, 0.1) is 0 Å². The number of hydrogen-bond acceptors (Lipinski definition) is 4. The Bertz CT molecular complexity index is 130. The summed E-state index contributed by atoms with van der Waals surface area (Å²) in [6.07, 6.45) is 2.79. The van der Waals surface area contributed by atoms with Gasteiger partial charge in [-0.3, -0.25) is 10.0 Å². The molecule has 0 heterocycles. The number of hydroxylamine groups is 1. The first-order valence-electron chi connectivity index (χ1n) is 4.09. The Morgan fingerprint density at radius 1 is 1.50 bits per heavy atom. The highest BCUT2D eigenvalue weighted by atomic mass is 16.5. The second-order valence-electron chi connectivity index (χ2n) is 2.78. The van der Waals surface area contributed by atoms with Gasteiger partial charge in [-0.1, -0.05) is 6.42 Å². The number of rotatable bonds is 6. The van der Waals surface area contributed by atoms with E-state index in [4.69, 9.17) is 16.7 Å². The van der Waals surface area contributed by atoms with Gasteiger partial charge in [-0.2, -0.15) is 0 Å². The number of amides is 1. The van der Waals surface area contributed by atoms with Crippen LogP contribution in [0.1, 0.15) is 25.7 Å². The van der Waals surface area contributed by atoms with Gasteiger partial charge in [-0.15, -0.1) is 0 Å². The van der Waals surface area contributed by atoms with Crippen molar-refractivity contribution in [1.82, 2.24) is 5.48 Å². The van der Waals surface area contributed by atoms with Gasteiger partial charge in [0.1, 0.15) is 0 Å². The van der Waals surface area contributed by atoms with Crippen molar-refractivity contribution in [2.45, 2.75) is 31.7 Å². The third-order valence-electron chi connectivity index (χ3n) is 1.60. The molecule has 0 fully saturated rings. The van der Waals surface area contributed by atoms with Gasteiger partial charge >= 0.3 is 0 Å². The molecule has 0 bridgehead atoms. The van der Waals surface area contributed by atoms with Crippen LogP contribution >= 0.6 is 0 Å². The van der Waals surface area contributed by atoms with E-state index in [0.29, 0.717) is 6.54 Å². The number of unbranched alkanes of at least 4 members (excludes halogenated alkanes) is 1. The van der Waals surface area contributed by atoms with Crippen molar-refractivity contribution in [2.24, 2.45) is 11.5 Å². The molecule has 72 valence electrons. The number of nitrogens with one attached hydrogen (secondary N) is 1. The quantitative estimate of drug-likeness (QED) is 0.244. The van der Waals surface area contributed by atoms with E-state index in [-0.39, 0.29) is 12.5 Å². The first-order chi connectivity index (χ1) is 5.70. The fourth-order valence-electron chi connectivity index (χ4n) is 0.937. The maximum atomic E-state index is 10.6. The summed E-state index contributed by atoms with van der Waals surface area (Å²) in [5.74, 6) is -0.435. The Labute approximate surface area is 72.1 Å². The molecule has 0 rings (SSSR count). The second-order valence-corrected chi connectivity index (χ2v) is 2.78. The van der Waals surface area contributed by atoms with E-state index in [9.17, 15) is 4.79 Å². The van der Waals surface area contributed by atoms with Gasteiger partial charge in [-0.05, 0) is 19.4 Å². The summed E-state index contributed by atoms with van der Waals surface area (Å²) in [4.78, 5) is 10.6. The molecule has 12 heavy (non-hydrogen) atoms. The highest BCUT2D eigenvalue weighted by Crippen LogP contribution is 2.00. The largest absolute Gasteiger partial charge is 0.330 e. The van der Waals surface area contributed by atoms with Crippen molar-refractivity contribution in [3.63, 3.8) is 0 Å². The zero-order valence-electron chi connectivity index (χ0n) is 7.12. The van der Waals surface area contributed by atoms with Crippen LogP contribution in [0.25, 0.3) is 0 Å². The van der Waals surface area contributed by atoms with Crippen LogP contribution in [0.5, 0.6) is 0 Å². The number of hydrogen-bond donors (Lipinski definition) is 4. The predicted molar refractivity (Wildman–Crippen MR) is 45.4 cm³/mol. The van der Waals surface area contributed by atoms with E-state index in [1.165, 1.54) is 0 Å². The molecule has 0 aliphatic rings. The first kappa shape index (κ1) is 11.4. The third-order valence-corrected chi connectivity index (χ3v) is 1.60. The van der Waals surface area contributed by atoms with Crippen LogP contribution in [0.3, 0.4) is 0 Å². The molecule has 0 aromatic rings. The smallest absolute Gasteiger partial charge is 0.244 e. The van der Waals surface area contributed by atoms with Crippen molar-refractivity contribution in [3.05, 3.63) is 0 Å².